The molecule has 0 fully saturated rings. The standard InChI is InChI=1S/C8H4FNO2S/c9-6-3-1-2-5(4-6)7-10-13-8(11)12-7/h1-4H. The summed E-state index contributed by atoms with van der Waals surface area (Å²) in [4.78, 5) is 10.2. The summed E-state index contributed by atoms with van der Waals surface area (Å²) < 4.78 is 21.1. The fourth-order valence-corrected chi connectivity index (χ4v) is 1.34. The lowest BCUT2D eigenvalue weighted by atomic mass is 10.2. The van der Waals surface area contributed by atoms with E-state index in [4.69, 9.17) is 4.42 Å². The Bertz CT molecular complexity index is 477. The molecule has 0 aliphatic heterocycles. The molecule has 0 bridgehead atoms. The van der Waals surface area contributed by atoms with Gasteiger partial charge in [-0.05, 0) is 18.2 Å². The molecule has 5 heteroatoms. The molecule has 1 aromatic carbocycles. The van der Waals surface area contributed by atoms with Crippen molar-refractivity contribution in [2.45, 2.75) is 0 Å². The maximum absolute atomic E-state index is 12.7. The first-order chi connectivity index (χ1) is 6.25. The Morgan fingerprint density at radius 3 is 2.92 bits per heavy atom. The summed E-state index contributed by atoms with van der Waals surface area (Å²) >= 11 is 0.710. The fourth-order valence-electron chi connectivity index (χ4n) is 0.928. The molecule has 0 N–H and O–H groups in total. The van der Waals surface area contributed by atoms with E-state index >= 15 is 0 Å². The van der Waals surface area contributed by atoms with Crippen molar-refractivity contribution in [1.82, 2.24) is 4.37 Å². The summed E-state index contributed by atoms with van der Waals surface area (Å²) in [5, 5.41) is 0. The molecule has 1 aromatic heterocycles. The molecule has 13 heavy (non-hydrogen) atoms. The molecule has 0 amide bonds. The van der Waals surface area contributed by atoms with Crippen LogP contribution >= 0.6 is 11.5 Å². The van der Waals surface area contributed by atoms with Crippen molar-refractivity contribution >= 4 is 11.5 Å². The van der Waals surface area contributed by atoms with Gasteiger partial charge in [0.1, 0.15) is 5.82 Å². The van der Waals surface area contributed by atoms with Crippen LogP contribution in [-0.2, 0) is 0 Å². The summed E-state index contributed by atoms with van der Waals surface area (Å²) in [6.45, 7) is 0. The van der Waals surface area contributed by atoms with Crippen LogP contribution in [0.1, 0.15) is 0 Å². The van der Waals surface area contributed by atoms with E-state index in [2.05, 4.69) is 4.37 Å². The molecular weight excluding hydrogens is 193 g/mol. The zero-order valence-electron chi connectivity index (χ0n) is 6.36. The van der Waals surface area contributed by atoms with E-state index in [1.165, 1.54) is 18.2 Å². The molecular formula is C8H4FNO2S. The molecule has 1 heterocycles. The fraction of sp³-hybridized carbons (Fsp3) is 0. The van der Waals surface area contributed by atoms with Gasteiger partial charge in [0.15, 0.2) is 0 Å². The van der Waals surface area contributed by atoms with E-state index in [0.29, 0.717) is 17.1 Å². The van der Waals surface area contributed by atoms with Crippen LogP contribution in [0.25, 0.3) is 11.5 Å². The highest BCUT2D eigenvalue weighted by molar-refractivity contribution is 7.02. The van der Waals surface area contributed by atoms with Crippen molar-refractivity contribution in [3.8, 4) is 11.5 Å². The number of aromatic nitrogens is 1. The SMILES string of the molecule is O=c1oc(-c2cccc(F)c2)ns1. The predicted molar refractivity (Wildman–Crippen MR) is 46.0 cm³/mol. The van der Waals surface area contributed by atoms with Crippen LogP contribution in [0.4, 0.5) is 4.39 Å². The minimum atomic E-state index is -0.487. The average Bonchev–Trinajstić information content (AvgIpc) is 2.52. The second kappa shape index (κ2) is 3.10. The van der Waals surface area contributed by atoms with Crippen LogP contribution in [-0.4, -0.2) is 4.37 Å². The Hall–Kier alpha value is -1.49. The molecule has 2 aromatic rings. The molecule has 3 nitrogen and oxygen atoms in total. The van der Waals surface area contributed by atoms with Crippen molar-refractivity contribution in [3.05, 3.63) is 39.8 Å². The normalized spacial score (nSPS) is 10.2. The smallest absolute Gasteiger partial charge is 0.394 e. The molecule has 0 spiro atoms. The number of hydrogen-bond acceptors (Lipinski definition) is 4. The van der Waals surface area contributed by atoms with E-state index in [1.54, 1.807) is 6.07 Å². The van der Waals surface area contributed by atoms with E-state index < -0.39 is 4.94 Å². The van der Waals surface area contributed by atoms with Gasteiger partial charge in [-0.1, -0.05) is 6.07 Å². The highest BCUT2D eigenvalue weighted by Gasteiger charge is 2.05. The van der Waals surface area contributed by atoms with Crippen molar-refractivity contribution < 1.29 is 8.81 Å². The predicted octanol–water partition coefficient (Wildman–Crippen LogP) is 1.90. The molecule has 0 saturated carbocycles. The number of nitrogens with zero attached hydrogens (tertiary/aromatic N) is 1. The van der Waals surface area contributed by atoms with Crippen LogP contribution in [0.15, 0.2) is 33.5 Å². The lowest BCUT2D eigenvalue weighted by molar-refractivity contribution is 0.542. The highest BCUT2D eigenvalue weighted by Crippen LogP contribution is 2.16. The first-order valence-corrected chi connectivity index (χ1v) is 4.26. The van der Waals surface area contributed by atoms with Crippen molar-refractivity contribution in [2.24, 2.45) is 0 Å². The second-order valence-electron chi connectivity index (χ2n) is 2.35. The van der Waals surface area contributed by atoms with Crippen molar-refractivity contribution in [1.29, 1.82) is 0 Å². The van der Waals surface area contributed by atoms with E-state index in [9.17, 15) is 9.18 Å². The summed E-state index contributed by atoms with van der Waals surface area (Å²) in [6.07, 6.45) is 0. The van der Waals surface area contributed by atoms with Crippen LogP contribution in [0.3, 0.4) is 0 Å². The largest absolute Gasteiger partial charge is 0.414 e. The maximum Gasteiger partial charge on any atom is 0.414 e. The van der Waals surface area contributed by atoms with Gasteiger partial charge < -0.3 is 4.42 Å². The summed E-state index contributed by atoms with van der Waals surface area (Å²) in [6, 6.07) is 5.73. The van der Waals surface area contributed by atoms with Crippen LogP contribution in [0, 0.1) is 5.82 Å². The van der Waals surface area contributed by atoms with E-state index in [1.807, 2.05) is 0 Å². The Morgan fingerprint density at radius 2 is 2.31 bits per heavy atom. The lowest BCUT2D eigenvalue weighted by Crippen LogP contribution is -1.83. The number of halogens is 1. The van der Waals surface area contributed by atoms with E-state index in [-0.39, 0.29) is 11.7 Å². The van der Waals surface area contributed by atoms with Crippen LogP contribution in [0.5, 0.6) is 0 Å². The van der Waals surface area contributed by atoms with Gasteiger partial charge in [0.05, 0.1) is 11.5 Å². The quantitative estimate of drug-likeness (QED) is 0.701. The first kappa shape index (κ1) is 8.12. The summed E-state index contributed by atoms with van der Waals surface area (Å²) in [7, 11) is 0. The molecule has 2 rings (SSSR count). The van der Waals surface area contributed by atoms with Gasteiger partial charge in [-0.2, -0.15) is 0 Å². The molecule has 0 unspecified atom stereocenters. The zero-order chi connectivity index (χ0) is 9.26. The monoisotopic (exact) mass is 197 g/mol. The van der Waals surface area contributed by atoms with E-state index in [0.717, 1.165) is 0 Å². The molecule has 0 aliphatic rings. The molecule has 66 valence electrons. The highest BCUT2D eigenvalue weighted by atomic mass is 32.1. The lowest BCUT2D eigenvalue weighted by Gasteiger charge is -1.92. The average molecular weight is 197 g/mol. The van der Waals surface area contributed by atoms with Gasteiger partial charge in [-0.3, -0.25) is 0 Å². The Morgan fingerprint density at radius 1 is 1.46 bits per heavy atom. The van der Waals surface area contributed by atoms with Gasteiger partial charge in [0.2, 0.25) is 5.89 Å². The Labute approximate surface area is 76.6 Å². The molecule has 0 radical (unpaired) electrons. The van der Waals surface area contributed by atoms with Gasteiger partial charge in [0, 0.05) is 5.56 Å². The van der Waals surface area contributed by atoms with Crippen LogP contribution in [0.2, 0.25) is 0 Å². The van der Waals surface area contributed by atoms with Crippen molar-refractivity contribution in [2.75, 3.05) is 0 Å². The third kappa shape index (κ3) is 1.65. The minimum absolute atomic E-state index is 0.162. The van der Waals surface area contributed by atoms with Crippen LogP contribution < -0.4 is 4.94 Å². The Balaban J connectivity index is 2.52. The van der Waals surface area contributed by atoms with Crippen molar-refractivity contribution in [3.63, 3.8) is 0 Å². The number of benzene rings is 1. The molecule has 0 atom stereocenters. The number of rotatable bonds is 1. The second-order valence-corrected chi connectivity index (χ2v) is 3.05. The van der Waals surface area contributed by atoms with Gasteiger partial charge >= 0.3 is 4.94 Å². The summed E-state index contributed by atoms with van der Waals surface area (Å²) in [5.41, 5.74) is 0.471. The van der Waals surface area contributed by atoms with Gasteiger partial charge in [0.25, 0.3) is 0 Å². The molecule has 0 aliphatic carbocycles. The van der Waals surface area contributed by atoms with Gasteiger partial charge in [-0.25, -0.2) is 9.18 Å². The zero-order valence-corrected chi connectivity index (χ0v) is 7.18. The maximum atomic E-state index is 12.7. The first-order valence-electron chi connectivity index (χ1n) is 3.48. The minimum Gasteiger partial charge on any atom is -0.394 e. The number of hydrogen-bond donors (Lipinski definition) is 0. The van der Waals surface area contributed by atoms with Gasteiger partial charge in [-0.15, -0.1) is 4.37 Å². The third-order valence-electron chi connectivity index (χ3n) is 1.45. The molecule has 0 saturated heterocycles. The third-order valence-corrected chi connectivity index (χ3v) is 1.94. The topological polar surface area (TPSA) is 43.1 Å². The summed E-state index contributed by atoms with van der Waals surface area (Å²) in [5.74, 6) is -0.220. The Kier molecular flexibility index (Phi) is 1.94.